The summed E-state index contributed by atoms with van der Waals surface area (Å²) in [5, 5.41) is 17.2. The molecule has 1 atom stereocenters. The summed E-state index contributed by atoms with van der Waals surface area (Å²) in [7, 11) is 0. The lowest BCUT2D eigenvalue weighted by atomic mass is 9.93. The van der Waals surface area contributed by atoms with Crippen LogP contribution in [0.25, 0.3) is 0 Å². The van der Waals surface area contributed by atoms with E-state index < -0.39 is 23.6 Å². The smallest absolute Gasteiger partial charge is 0.370 e. The number of hydrogen-bond acceptors (Lipinski definition) is 4. The van der Waals surface area contributed by atoms with Gasteiger partial charge in [-0.3, -0.25) is 4.79 Å². The third-order valence-corrected chi connectivity index (χ3v) is 2.01. The van der Waals surface area contributed by atoms with E-state index in [0.29, 0.717) is 6.42 Å². The van der Waals surface area contributed by atoms with Gasteiger partial charge in [0.25, 0.3) is 0 Å². The van der Waals surface area contributed by atoms with Crippen molar-refractivity contribution in [3.05, 3.63) is 0 Å². The van der Waals surface area contributed by atoms with Crippen molar-refractivity contribution in [1.82, 2.24) is 0 Å². The van der Waals surface area contributed by atoms with Crippen molar-refractivity contribution < 1.29 is 29.6 Å². The van der Waals surface area contributed by atoms with Crippen molar-refractivity contribution in [2.24, 2.45) is 5.92 Å². The Kier molecular flexibility index (Phi) is 2.53. The predicted molar refractivity (Wildman–Crippen MR) is 38.6 cm³/mol. The van der Waals surface area contributed by atoms with E-state index in [0.717, 1.165) is 0 Å². The zero-order chi connectivity index (χ0) is 10.1. The number of carboxylic acids is 2. The maximum atomic E-state index is 10.6. The van der Waals surface area contributed by atoms with Gasteiger partial charge in [-0.05, 0) is 6.42 Å². The first-order valence-corrected chi connectivity index (χ1v) is 3.85. The van der Waals surface area contributed by atoms with E-state index in [-0.39, 0.29) is 6.42 Å². The molecule has 1 unspecified atom stereocenters. The molecule has 0 aromatic rings. The Bertz CT molecular complexity index is 231. The van der Waals surface area contributed by atoms with Crippen LogP contribution in [0.3, 0.4) is 0 Å². The fraction of sp³-hybridized carbons (Fsp3) is 0.714. The maximum absolute atomic E-state index is 10.6. The number of hydrogen-bond donors (Lipinski definition) is 2. The molecule has 2 N–H and O–H groups in total. The summed E-state index contributed by atoms with van der Waals surface area (Å²) in [5.41, 5.74) is 0. The van der Waals surface area contributed by atoms with Crippen molar-refractivity contribution in [1.29, 1.82) is 0 Å². The zero-order valence-electron chi connectivity index (χ0n) is 7.02. The third-order valence-electron chi connectivity index (χ3n) is 2.01. The summed E-state index contributed by atoms with van der Waals surface area (Å²) in [6.45, 7) is 1.68. The van der Waals surface area contributed by atoms with Gasteiger partial charge in [-0.2, -0.15) is 9.78 Å². The topological polar surface area (TPSA) is 99.7 Å². The predicted octanol–water partition coefficient (Wildman–Crippen LogP) is 0.230. The van der Waals surface area contributed by atoms with Crippen molar-refractivity contribution in [3.63, 3.8) is 0 Å². The molecule has 1 aliphatic rings. The number of rotatable bonds is 5. The lowest BCUT2D eigenvalue weighted by molar-refractivity contribution is -0.148. The molecule has 6 heteroatoms. The van der Waals surface area contributed by atoms with Crippen LogP contribution in [0.15, 0.2) is 0 Å². The fourth-order valence-electron chi connectivity index (χ4n) is 1.19. The molecule has 0 radical (unpaired) electrons. The Labute approximate surface area is 74.0 Å². The van der Waals surface area contributed by atoms with Crippen molar-refractivity contribution in [3.8, 4) is 0 Å². The van der Waals surface area contributed by atoms with Crippen LogP contribution in [0, 0.1) is 5.92 Å². The van der Waals surface area contributed by atoms with Gasteiger partial charge in [0, 0.05) is 5.92 Å². The van der Waals surface area contributed by atoms with Crippen LogP contribution < -0.4 is 0 Å². The summed E-state index contributed by atoms with van der Waals surface area (Å²) in [4.78, 5) is 29.7. The van der Waals surface area contributed by atoms with Crippen LogP contribution in [0.4, 0.5) is 0 Å². The summed E-state index contributed by atoms with van der Waals surface area (Å²) in [6.07, 6.45) is 0.0986. The second-order valence-electron chi connectivity index (χ2n) is 2.84. The summed E-state index contributed by atoms with van der Waals surface area (Å²) in [5.74, 6) is -4.71. The van der Waals surface area contributed by atoms with Crippen molar-refractivity contribution in [2.45, 2.75) is 25.6 Å². The molecule has 0 bridgehead atoms. The van der Waals surface area contributed by atoms with E-state index in [1.54, 1.807) is 6.92 Å². The van der Waals surface area contributed by atoms with E-state index in [1.807, 2.05) is 0 Å². The van der Waals surface area contributed by atoms with Crippen LogP contribution in [-0.2, 0) is 19.4 Å². The second-order valence-corrected chi connectivity index (χ2v) is 2.84. The van der Waals surface area contributed by atoms with Gasteiger partial charge in [-0.1, -0.05) is 6.92 Å². The first kappa shape index (κ1) is 9.94. The molecule has 0 aromatic heterocycles. The zero-order valence-corrected chi connectivity index (χ0v) is 7.02. The highest BCUT2D eigenvalue weighted by Crippen LogP contribution is 2.41. The minimum atomic E-state index is -1.72. The van der Waals surface area contributed by atoms with Crippen molar-refractivity contribution in [2.75, 3.05) is 0 Å². The molecule has 1 rings (SSSR count). The quantitative estimate of drug-likeness (QED) is 0.475. The summed E-state index contributed by atoms with van der Waals surface area (Å²) >= 11 is 0. The molecule has 0 spiro atoms. The monoisotopic (exact) mass is 190 g/mol. The molecule has 1 aliphatic heterocycles. The van der Waals surface area contributed by atoms with Gasteiger partial charge in [0.15, 0.2) is 0 Å². The van der Waals surface area contributed by atoms with E-state index in [9.17, 15) is 9.59 Å². The lowest BCUT2D eigenvalue weighted by Crippen LogP contribution is -2.34. The van der Waals surface area contributed by atoms with Crippen LogP contribution >= 0.6 is 0 Å². The Hall–Kier alpha value is -1.14. The Morgan fingerprint density at radius 1 is 1.38 bits per heavy atom. The maximum Gasteiger partial charge on any atom is 0.370 e. The second kappa shape index (κ2) is 3.31. The van der Waals surface area contributed by atoms with Gasteiger partial charge < -0.3 is 10.2 Å². The molecule has 0 aliphatic carbocycles. The number of carboxylic acid groups (broad SMARTS) is 2. The van der Waals surface area contributed by atoms with E-state index in [1.165, 1.54) is 0 Å². The third kappa shape index (κ3) is 1.78. The molecule has 0 amide bonds. The first-order chi connectivity index (χ1) is 6.03. The van der Waals surface area contributed by atoms with Crippen LogP contribution in [-0.4, -0.2) is 27.9 Å². The Balaban J connectivity index is 2.66. The van der Waals surface area contributed by atoms with Gasteiger partial charge in [0.05, 0.1) is 6.42 Å². The average molecular weight is 190 g/mol. The fourth-order valence-corrected chi connectivity index (χ4v) is 1.19. The summed E-state index contributed by atoms with van der Waals surface area (Å²) in [6, 6.07) is 0. The van der Waals surface area contributed by atoms with Crippen LogP contribution in [0.1, 0.15) is 19.8 Å². The van der Waals surface area contributed by atoms with Gasteiger partial charge in [0.1, 0.15) is 0 Å². The van der Waals surface area contributed by atoms with Crippen LogP contribution in [0.5, 0.6) is 0 Å². The van der Waals surface area contributed by atoms with Crippen LogP contribution in [0.2, 0.25) is 0 Å². The molecule has 0 saturated carbocycles. The largest absolute Gasteiger partial charge is 0.481 e. The van der Waals surface area contributed by atoms with Gasteiger partial charge in [-0.15, -0.1) is 0 Å². The summed E-state index contributed by atoms with van der Waals surface area (Å²) < 4.78 is 0. The SMILES string of the molecule is CCC(CC(=O)O)C1(C(=O)O)OO1. The number of carbonyl (C=O) groups is 2. The molecular formula is C7H10O6. The van der Waals surface area contributed by atoms with Gasteiger partial charge in [0.2, 0.25) is 0 Å². The molecule has 6 nitrogen and oxygen atoms in total. The molecule has 1 fully saturated rings. The molecule has 13 heavy (non-hydrogen) atoms. The van der Waals surface area contributed by atoms with E-state index in [2.05, 4.69) is 9.78 Å². The molecule has 74 valence electrons. The van der Waals surface area contributed by atoms with Gasteiger partial charge in [-0.25, -0.2) is 4.79 Å². The minimum absolute atomic E-state index is 0.275. The first-order valence-electron chi connectivity index (χ1n) is 3.85. The van der Waals surface area contributed by atoms with E-state index >= 15 is 0 Å². The van der Waals surface area contributed by atoms with Crippen molar-refractivity contribution >= 4 is 11.9 Å². The van der Waals surface area contributed by atoms with E-state index in [4.69, 9.17) is 10.2 Å². The normalized spacial score (nSPS) is 20.7. The molecule has 0 aromatic carbocycles. The Morgan fingerprint density at radius 2 is 1.92 bits per heavy atom. The average Bonchev–Trinajstić information content (AvgIpc) is 2.79. The molecule has 1 heterocycles. The molecular weight excluding hydrogens is 180 g/mol. The number of aliphatic carboxylic acids is 2. The highest BCUT2D eigenvalue weighted by atomic mass is 17.4. The Morgan fingerprint density at radius 3 is 2.15 bits per heavy atom. The molecule has 1 saturated heterocycles. The highest BCUT2D eigenvalue weighted by Gasteiger charge is 2.62. The van der Waals surface area contributed by atoms with Gasteiger partial charge >= 0.3 is 17.7 Å². The standard InChI is InChI=1S/C7H10O6/c1-2-4(3-5(8)9)7(6(10)11)12-13-7/h4H,2-3H2,1H3,(H,8,9)(H,10,11). The minimum Gasteiger partial charge on any atom is -0.481 e. The lowest BCUT2D eigenvalue weighted by Gasteiger charge is -2.12. The highest BCUT2D eigenvalue weighted by molar-refractivity contribution is 5.79.